The van der Waals surface area contributed by atoms with Crippen molar-refractivity contribution in [1.29, 1.82) is 0 Å². The van der Waals surface area contributed by atoms with Crippen LogP contribution >= 0.6 is 0 Å². The Hall–Kier alpha value is -3.19. The van der Waals surface area contributed by atoms with Crippen LogP contribution in [0.25, 0.3) is 0 Å². The normalized spacial score (nSPS) is 17.1. The van der Waals surface area contributed by atoms with Crippen LogP contribution in [-0.2, 0) is 22.6 Å². The van der Waals surface area contributed by atoms with Gasteiger partial charge in [0.05, 0.1) is 39.7 Å². The maximum absolute atomic E-state index is 12.8. The molecule has 1 saturated heterocycles. The molecule has 7 heteroatoms. The molecule has 0 bridgehead atoms. The number of hydrogen-bond acceptors (Lipinski definition) is 4. The number of piperazine rings is 1. The number of imide groups is 1. The number of carbonyl (C=O) groups is 3. The van der Waals surface area contributed by atoms with Crippen LogP contribution in [0.3, 0.4) is 0 Å². The number of rotatable bonds is 5. The largest absolute Gasteiger partial charge is 0.497 e. The topological polar surface area (TPSA) is 71.4 Å². The van der Waals surface area contributed by atoms with Crippen molar-refractivity contribution in [3.05, 3.63) is 65.2 Å². The molecule has 1 fully saturated rings. The molecule has 2 heterocycles. The van der Waals surface area contributed by atoms with Crippen LogP contribution in [0.1, 0.15) is 21.5 Å². The van der Waals surface area contributed by atoms with E-state index in [1.165, 1.54) is 10.5 Å². The molecule has 2 aromatic rings. The minimum atomic E-state index is -0.376. The highest BCUT2D eigenvalue weighted by molar-refractivity contribution is 6.11. The van der Waals surface area contributed by atoms with Gasteiger partial charge in [0.1, 0.15) is 18.8 Å². The second-order valence-electron chi connectivity index (χ2n) is 7.77. The van der Waals surface area contributed by atoms with Gasteiger partial charge in [0.2, 0.25) is 11.8 Å². The molecule has 3 amide bonds. The molecule has 0 unspecified atom stereocenters. The fraction of sp³-hybridized carbons (Fsp3) is 0.348. The summed E-state index contributed by atoms with van der Waals surface area (Å²) < 4.78 is 5.19. The second kappa shape index (κ2) is 8.67. The first-order valence-electron chi connectivity index (χ1n) is 10.2. The van der Waals surface area contributed by atoms with E-state index >= 15 is 0 Å². The number of methoxy groups -OCH3 is 1. The number of nitrogens with zero attached hydrogens (tertiary/aromatic N) is 2. The molecular formula is C23H26N3O4+. The fourth-order valence-corrected chi connectivity index (χ4v) is 4.08. The summed E-state index contributed by atoms with van der Waals surface area (Å²) in [7, 11) is 1.65. The van der Waals surface area contributed by atoms with Gasteiger partial charge in [-0.15, -0.1) is 0 Å². The van der Waals surface area contributed by atoms with E-state index in [0.29, 0.717) is 18.7 Å². The monoisotopic (exact) mass is 408 g/mol. The van der Waals surface area contributed by atoms with Crippen molar-refractivity contribution in [2.45, 2.75) is 13.0 Å². The molecule has 7 nitrogen and oxygen atoms in total. The van der Waals surface area contributed by atoms with Gasteiger partial charge in [-0.1, -0.05) is 18.2 Å². The molecule has 4 rings (SSSR count). The molecule has 2 aliphatic rings. The van der Waals surface area contributed by atoms with Crippen LogP contribution in [0, 0.1) is 0 Å². The van der Waals surface area contributed by atoms with Crippen molar-refractivity contribution in [3.63, 3.8) is 0 Å². The first-order chi connectivity index (χ1) is 14.5. The zero-order chi connectivity index (χ0) is 21.1. The summed E-state index contributed by atoms with van der Waals surface area (Å²) in [6.07, 6.45) is 0.162. The number of fused-ring (bicyclic) bond motifs is 1. The van der Waals surface area contributed by atoms with Crippen LogP contribution in [0.2, 0.25) is 0 Å². The summed E-state index contributed by atoms with van der Waals surface area (Å²) in [6.45, 7) is 3.63. The predicted octanol–water partition coefficient (Wildman–Crippen LogP) is 0.147. The number of carbonyl (C=O) groups excluding carboxylic acids is 3. The summed E-state index contributed by atoms with van der Waals surface area (Å²) in [5.74, 6) is -0.0111. The average molecular weight is 408 g/mol. The molecule has 156 valence electrons. The highest BCUT2D eigenvalue weighted by Gasteiger charge is 2.34. The number of ether oxygens (including phenoxy) is 1. The van der Waals surface area contributed by atoms with Crippen molar-refractivity contribution in [3.8, 4) is 5.75 Å². The first-order valence-corrected chi connectivity index (χ1v) is 10.2. The van der Waals surface area contributed by atoms with Gasteiger partial charge >= 0.3 is 0 Å². The molecule has 0 atom stereocenters. The number of amides is 3. The number of quaternary nitrogens is 1. The van der Waals surface area contributed by atoms with E-state index in [-0.39, 0.29) is 30.7 Å². The van der Waals surface area contributed by atoms with Gasteiger partial charge in [0, 0.05) is 11.1 Å². The van der Waals surface area contributed by atoms with E-state index in [0.717, 1.165) is 35.8 Å². The lowest BCUT2D eigenvalue weighted by Crippen LogP contribution is -3.13. The Kier molecular flexibility index (Phi) is 5.81. The summed E-state index contributed by atoms with van der Waals surface area (Å²) in [4.78, 5) is 42.1. The van der Waals surface area contributed by atoms with Crippen LogP contribution in [0.15, 0.2) is 48.5 Å². The lowest BCUT2D eigenvalue weighted by molar-refractivity contribution is -0.917. The molecule has 2 aromatic carbocycles. The first kappa shape index (κ1) is 20.1. The highest BCUT2D eigenvalue weighted by atomic mass is 16.5. The van der Waals surface area contributed by atoms with E-state index in [1.807, 2.05) is 18.2 Å². The fourth-order valence-electron chi connectivity index (χ4n) is 4.08. The van der Waals surface area contributed by atoms with Crippen molar-refractivity contribution >= 4 is 17.7 Å². The maximum atomic E-state index is 12.8. The van der Waals surface area contributed by atoms with Gasteiger partial charge in [-0.05, 0) is 35.9 Å². The summed E-state index contributed by atoms with van der Waals surface area (Å²) in [5, 5.41) is 0. The third kappa shape index (κ3) is 4.21. The highest BCUT2D eigenvalue weighted by Crippen LogP contribution is 2.19. The van der Waals surface area contributed by atoms with E-state index in [9.17, 15) is 14.4 Å². The molecule has 0 saturated carbocycles. The van der Waals surface area contributed by atoms with Gasteiger partial charge in [0.15, 0.2) is 0 Å². The van der Waals surface area contributed by atoms with Gasteiger partial charge < -0.3 is 14.5 Å². The third-order valence-corrected chi connectivity index (χ3v) is 5.87. The Bertz CT molecular complexity index is 949. The Labute approximate surface area is 175 Å². The van der Waals surface area contributed by atoms with Crippen LogP contribution < -0.4 is 9.64 Å². The number of benzene rings is 2. The lowest BCUT2D eigenvalue weighted by Gasteiger charge is -2.34. The van der Waals surface area contributed by atoms with Gasteiger partial charge in [-0.3, -0.25) is 19.3 Å². The Morgan fingerprint density at radius 2 is 1.73 bits per heavy atom. The number of hydrogen-bond donors (Lipinski definition) is 1. The van der Waals surface area contributed by atoms with E-state index < -0.39 is 0 Å². The summed E-state index contributed by atoms with van der Waals surface area (Å²) in [6, 6.07) is 15.1. The Balaban J connectivity index is 1.31. The molecule has 2 aliphatic heterocycles. The molecule has 0 spiro atoms. The number of nitrogens with one attached hydrogen (secondary N) is 1. The third-order valence-electron chi connectivity index (χ3n) is 5.87. The van der Waals surface area contributed by atoms with Crippen molar-refractivity contribution in [1.82, 2.24) is 9.80 Å². The molecule has 0 aliphatic carbocycles. The van der Waals surface area contributed by atoms with E-state index in [4.69, 9.17) is 4.74 Å². The molecule has 1 N–H and O–H groups in total. The van der Waals surface area contributed by atoms with Crippen LogP contribution in [0.5, 0.6) is 5.75 Å². The zero-order valence-corrected chi connectivity index (χ0v) is 17.1. The van der Waals surface area contributed by atoms with Crippen molar-refractivity contribution < 1.29 is 24.0 Å². The van der Waals surface area contributed by atoms with Crippen molar-refractivity contribution in [2.24, 2.45) is 0 Å². The molecule has 0 radical (unpaired) electrons. The second-order valence-corrected chi connectivity index (χ2v) is 7.77. The zero-order valence-electron chi connectivity index (χ0n) is 17.1. The van der Waals surface area contributed by atoms with Crippen LogP contribution in [-0.4, -0.2) is 67.4 Å². The van der Waals surface area contributed by atoms with Gasteiger partial charge in [-0.2, -0.15) is 0 Å². The predicted molar refractivity (Wildman–Crippen MR) is 110 cm³/mol. The SMILES string of the molecule is COc1ccc(C[NH+]2CCN(C(=O)CN3C(=O)Cc4ccccc4C3=O)CC2)cc1. The van der Waals surface area contributed by atoms with E-state index in [2.05, 4.69) is 12.1 Å². The minimum absolute atomic E-state index is 0.162. The standard InChI is InChI=1S/C23H25N3O4/c1-30-19-8-6-17(7-9-19)15-24-10-12-25(13-11-24)22(28)16-26-21(27)14-18-4-2-3-5-20(18)23(26)29/h2-9H,10-16H2,1H3/p+1. The van der Waals surface area contributed by atoms with Crippen LogP contribution in [0.4, 0.5) is 0 Å². The Morgan fingerprint density at radius 1 is 1.03 bits per heavy atom. The van der Waals surface area contributed by atoms with Crippen molar-refractivity contribution in [2.75, 3.05) is 39.8 Å². The summed E-state index contributed by atoms with van der Waals surface area (Å²) >= 11 is 0. The lowest BCUT2D eigenvalue weighted by atomic mass is 9.98. The van der Waals surface area contributed by atoms with E-state index in [1.54, 1.807) is 30.2 Å². The molecular weight excluding hydrogens is 382 g/mol. The van der Waals surface area contributed by atoms with Gasteiger partial charge in [-0.25, -0.2) is 0 Å². The van der Waals surface area contributed by atoms with Gasteiger partial charge in [0.25, 0.3) is 5.91 Å². The Morgan fingerprint density at radius 3 is 2.43 bits per heavy atom. The maximum Gasteiger partial charge on any atom is 0.261 e. The summed E-state index contributed by atoms with van der Waals surface area (Å²) in [5.41, 5.74) is 2.47. The average Bonchev–Trinajstić information content (AvgIpc) is 2.77. The quantitative estimate of drug-likeness (QED) is 0.715. The minimum Gasteiger partial charge on any atom is -0.497 e. The molecule has 30 heavy (non-hydrogen) atoms. The smallest absolute Gasteiger partial charge is 0.261 e. The molecule has 0 aromatic heterocycles.